The van der Waals surface area contributed by atoms with E-state index in [0.717, 1.165) is 11.2 Å². The van der Waals surface area contributed by atoms with E-state index < -0.39 is 0 Å². The molecule has 2 heterocycles. The second-order valence-electron chi connectivity index (χ2n) is 3.06. The summed E-state index contributed by atoms with van der Waals surface area (Å²) >= 11 is 0. The first-order valence-electron chi connectivity index (χ1n) is 4.17. The first kappa shape index (κ1) is 7.98. The fourth-order valence-corrected chi connectivity index (χ4v) is 1.37. The number of aromatic nitrogens is 2. The van der Waals surface area contributed by atoms with Crippen LogP contribution in [0.5, 0.6) is 0 Å². The number of fused-ring (bicyclic) bond motifs is 1. The lowest BCUT2D eigenvalue weighted by atomic mass is 10.2. The van der Waals surface area contributed by atoms with Crippen LogP contribution in [0.25, 0.3) is 5.52 Å². The van der Waals surface area contributed by atoms with Crippen molar-refractivity contribution < 1.29 is 4.79 Å². The third-order valence-corrected chi connectivity index (χ3v) is 1.94. The average molecular weight is 174 g/mol. The highest BCUT2D eigenvalue weighted by atomic mass is 16.1. The van der Waals surface area contributed by atoms with Crippen LogP contribution < -0.4 is 0 Å². The Morgan fingerprint density at radius 1 is 1.54 bits per heavy atom. The third kappa shape index (κ3) is 1.45. The van der Waals surface area contributed by atoms with Crippen LogP contribution >= 0.6 is 0 Å². The van der Waals surface area contributed by atoms with Gasteiger partial charge in [-0.2, -0.15) is 0 Å². The van der Waals surface area contributed by atoms with Crippen molar-refractivity contribution in [2.45, 2.75) is 13.3 Å². The van der Waals surface area contributed by atoms with E-state index in [1.165, 1.54) is 0 Å². The number of nitrogens with zero attached hydrogens (tertiary/aromatic N) is 2. The van der Waals surface area contributed by atoms with Gasteiger partial charge in [0.1, 0.15) is 5.78 Å². The quantitative estimate of drug-likeness (QED) is 0.690. The zero-order chi connectivity index (χ0) is 9.26. The van der Waals surface area contributed by atoms with E-state index in [2.05, 4.69) is 4.98 Å². The van der Waals surface area contributed by atoms with Gasteiger partial charge in [0.15, 0.2) is 0 Å². The molecule has 13 heavy (non-hydrogen) atoms. The lowest BCUT2D eigenvalue weighted by molar-refractivity contribution is -0.116. The van der Waals surface area contributed by atoms with Crippen molar-refractivity contribution in [2.75, 3.05) is 0 Å². The molecule has 0 aliphatic carbocycles. The van der Waals surface area contributed by atoms with Gasteiger partial charge in [-0.1, -0.05) is 6.07 Å². The molecule has 0 bridgehead atoms. The van der Waals surface area contributed by atoms with E-state index in [4.69, 9.17) is 0 Å². The molecular formula is C10H10N2O. The minimum atomic E-state index is 0.143. The second-order valence-corrected chi connectivity index (χ2v) is 3.06. The van der Waals surface area contributed by atoms with Gasteiger partial charge in [-0.05, 0) is 19.1 Å². The Labute approximate surface area is 76.0 Å². The Balaban J connectivity index is 2.51. The molecule has 0 N–H and O–H groups in total. The molecule has 0 atom stereocenters. The molecule has 0 fully saturated rings. The SMILES string of the molecule is CC(=O)Cc1ncn2ccccc12. The monoisotopic (exact) mass is 174 g/mol. The van der Waals surface area contributed by atoms with Gasteiger partial charge in [0.25, 0.3) is 0 Å². The van der Waals surface area contributed by atoms with Crippen LogP contribution in [-0.2, 0) is 11.2 Å². The van der Waals surface area contributed by atoms with Gasteiger partial charge in [0.05, 0.1) is 24.0 Å². The summed E-state index contributed by atoms with van der Waals surface area (Å²) in [6.07, 6.45) is 4.07. The number of carbonyl (C=O) groups excluding carboxylic acids is 1. The Morgan fingerprint density at radius 3 is 3.15 bits per heavy atom. The molecule has 0 amide bonds. The summed E-state index contributed by atoms with van der Waals surface area (Å²) in [4.78, 5) is 15.1. The highest BCUT2D eigenvalue weighted by Gasteiger charge is 2.04. The maximum absolute atomic E-state index is 10.9. The van der Waals surface area contributed by atoms with Crippen LogP contribution in [0.2, 0.25) is 0 Å². The summed E-state index contributed by atoms with van der Waals surface area (Å²) in [7, 11) is 0. The van der Waals surface area contributed by atoms with Crippen molar-refractivity contribution in [3.63, 3.8) is 0 Å². The van der Waals surface area contributed by atoms with Crippen LogP contribution in [-0.4, -0.2) is 15.2 Å². The molecule has 2 aromatic heterocycles. The lowest BCUT2D eigenvalue weighted by Gasteiger charge is -1.94. The van der Waals surface area contributed by atoms with E-state index in [1.807, 2.05) is 28.8 Å². The summed E-state index contributed by atoms with van der Waals surface area (Å²) in [6, 6.07) is 5.85. The Bertz CT molecular complexity index is 445. The van der Waals surface area contributed by atoms with Crippen LogP contribution in [0.3, 0.4) is 0 Å². The fraction of sp³-hybridized carbons (Fsp3) is 0.200. The second kappa shape index (κ2) is 3.01. The van der Waals surface area contributed by atoms with Crippen LogP contribution in [0, 0.1) is 0 Å². The number of ketones is 1. The minimum Gasteiger partial charge on any atom is -0.306 e. The van der Waals surface area contributed by atoms with Crippen molar-refractivity contribution in [1.29, 1.82) is 0 Å². The lowest BCUT2D eigenvalue weighted by Crippen LogP contribution is -1.96. The normalized spacial score (nSPS) is 10.5. The maximum Gasteiger partial charge on any atom is 0.135 e. The molecule has 0 aliphatic heterocycles. The Kier molecular flexibility index (Phi) is 1.85. The summed E-state index contributed by atoms with van der Waals surface area (Å²) in [5, 5.41) is 0. The van der Waals surface area contributed by atoms with Crippen molar-refractivity contribution in [3.05, 3.63) is 36.4 Å². The molecule has 0 radical (unpaired) electrons. The van der Waals surface area contributed by atoms with E-state index >= 15 is 0 Å². The maximum atomic E-state index is 10.9. The number of hydrogen-bond acceptors (Lipinski definition) is 2. The number of pyridine rings is 1. The van der Waals surface area contributed by atoms with Gasteiger partial charge in [-0.25, -0.2) is 4.98 Å². The average Bonchev–Trinajstić information content (AvgIpc) is 2.48. The zero-order valence-corrected chi connectivity index (χ0v) is 7.40. The Hall–Kier alpha value is -1.64. The molecule has 0 aromatic carbocycles. The van der Waals surface area contributed by atoms with Crippen molar-refractivity contribution in [3.8, 4) is 0 Å². The van der Waals surface area contributed by atoms with Crippen LogP contribution in [0.1, 0.15) is 12.6 Å². The zero-order valence-electron chi connectivity index (χ0n) is 7.40. The molecule has 0 unspecified atom stereocenters. The molecule has 3 nitrogen and oxygen atoms in total. The molecule has 2 rings (SSSR count). The Morgan fingerprint density at radius 2 is 2.38 bits per heavy atom. The van der Waals surface area contributed by atoms with Crippen molar-refractivity contribution >= 4 is 11.3 Å². The van der Waals surface area contributed by atoms with Gasteiger partial charge in [0, 0.05) is 6.20 Å². The van der Waals surface area contributed by atoms with Gasteiger partial charge in [-0.3, -0.25) is 4.79 Å². The summed E-state index contributed by atoms with van der Waals surface area (Å²) in [5.74, 6) is 0.143. The molecular weight excluding hydrogens is 164 g/mol. The number of carbonyl (C=O) groups is 1. The van der Waals surface area contributed by atoms with Crippen molar-refractivity contribution in [2.24, 2.45) is 0 Å². The van der Waals surface area contributed by atoms with Crippen molar-refractivity contribution in [1.82, 2.24) is 9.38 Å². The molecule has 0 spiro atoms. The van der Waals surface area contributed by atoms with Gasteiger partial charge < -0.3 is 4.40 Å². The summed E-state index contributed by atoms with van der Waals surface area (Å²) in [6.45, 7) is 1.58. The smallest absolute Gasteiger partial charge is 0.135 e. The number of Topliss-reactive ketones (excluding diaryl/α,β-unsaturated/α-hetero) is 1. The van der Waals surface area contributed by atoms with Gasteiger partial charge in [-0.15, -0.1) is 0 Å². The number of rotatable bonds is 2. The fourth-order valence-electron chi connectivity index (χ4n) is 1.37. The predicted molar refractivity (Wildman–Crippen MR) is 49.6 cm³/mol. The van der Waals surface area contributed by atoms with Crippen LogP contribution in [0.15, 0.2) is 30.7 Å². The largest absolute Gasteiger partial charge is 0.306 e. The highest BCUT2D eigenvalue weighted by molar-refractivity contribution is 5.79. The third-order valence-electron chi connectivity index (χ3n) is 1.94. The number of hydrogen-bond donors (Lipinski definition) is 0. The highest BCUT2D eigenvalue weighted by Crippen LogP contribution is 2.09. The predicted octanol–water partition coefficient (Wildman–Crippen LogP) is 1.47. The molecule has 2 aromatic rings. The summed E-state index contributed by atoms with van der Waals surface area (Å²) < 4.78 is 1.91. The van der Waals surface area contributed by atoms with E-state index in [-0.39, 0.29) is 5.78 Å². The molecule has 0 aliphatic rings. The van der Waals surface area contributed by atoms with E-state index in [9.17, 15) is 4.79 Å². The first-order valence-corrected chi connectivity index (χ1v) is 4.17. The molecule has 0 saturated heterocycles. The molecule has 0 saturated carbocycles. The first-order chi connectivity index (χ1) is 6.27. The summed E-state index contributed by atoms with van der Waals surface area (Å²) in [5.41, 5.74) is 1.87. The van der Waals surface area contributed by atoms with E-state index in [0.29, 0.717) is 6.42 Å². The topological polar surface area (TPSA) is 34.4 Å². The minimum absolute atomic E-state index is 0.143. The number of imidazole rings is 1. The van der Waals surface area contributed by atoms with Crippen LogP contribution in [0.4, 0.5) is 0 Å². The standard InChI is InChI=1S/C10H10N2O/c1-8(13)6-9-10-4-2-3-5-12(10)7-11-9/h2-5,7H,6H2,1H3. The van der Waals surface area contributed by atoms with Gasteiger partial charge in [0.2, 0.25) is 0 Å². The molecule has 3 heteroatoms. The van der Waals surface area contributed by atoms with Gasteiger partial charge >= 0.3 is 0 Å². The van der Waals surface area contributed by atoms with E-state index in [1.54, 1.807) is 13.3 Å². The molecule has 66 valence electrons.